The number of rotatable bonds is 7. The molecule has 2 aromatic rings. The molecule has 0 saturated heterocycles. The lowest BCUT2D eigenvalue weighted by Gasteiger charge is -2.36. The SMILES string of the molecule is CC(=N)C(=O)NC[C@H]1CN(S(=O)(=O)c2ccc(F)cc2)c2cc(NC(=O)OC(C)(C)C(F)(F)F)ccc2O1. The van der Waals surface area contributed by atoms with Gasteiger partial charge in [-0.1, -0.05) is 0 Å². The van der Waals surface area contributed by atoms with Gasteiger partial charge in [0, 0.05) is 5.69 Å². The molecule has 2 aromatic carbocycles. The number of amides is 2. The molecule has 38 heavy (non-hydrogen) atoms. The number of halogens is 4. The molecule has 0 aromatic heterocycles. The number of carbonyl (C=O) groups excluding carboxylic acids is 2. The number of carbonyl (C=O) groups is 2. The first kappa shape index (κ1) is 28.7. The number of hydrogen-bond acceptors (Lipinski definition) is 7. The number of sulfonamides is 1. The molecule has 0 fully saturated rings. The lowest BCUT2D eigenvalue weighted by Crippen LogP contribution is -2.49. The highest BCUT2D eigenvalue weighted by atomic mass is 32.2. The van der Waals surface area contributed by atoms with Crippen LogP contribution in [0.25, 0.3) is 0 Å². The first-order chi connectivity index (χ1) is 17.5. The van der Waals surface area contributed by atoms with Crippen LogP contribution < -0.4 is 19.7 Å². The summed E-state index contributed by atoms with van der Waals surface area (Å²) < 4.78 is 90.7. The van der Waals surface area contributed by atoms with Crippen molar-refractivity contribution in [2.75, 3.05) is 22.7 Å². The number of ether oxygens (including phenoxy) is 2. The highest BCUT2D eigenvalue weighted by Crippen LogP contribution is 2.39. The maximum absolute atomic E-state index is 13.5. The highest BCUT2D eigenvalue weighted by Gasteiger charge is 2.51. The zero-order chi connectivity index (χ0) is 28.5. The van der Waals surface area contributed by atoms with E-state index in [4.69, 9.17) is 10.1 Å². The summed E-state index contributed by atoms with van der Waals surface area (Å²) >= 11 is 0. The second-order valence-electron chi connectivity index (χ2n) is 8.77. The summed E-state index contributed by atoms with van der Waals surface area (Å²) in [6.45, 7) is 2.11. The van der Waals surface area contributed by atoms with Crippen LogP contribution in [0.2, 0.25) is 0 Å². The number of hydrogen-bond donors (Lipinski definition) is 3. The van der Waals surface area contributed by atoms with E-state index in [2.05, 4.69) is 15.4 Å². The molecule has 10 nitrogen and oxygen atoms in total. The van der Waals surface area contributed by atoms with Crippen molar-refractivity contribution in [1.29, 1.82) is 5.41 Å². The predicted molar refractivity (Wildman–Crippen MR) is 128 cm³/mol. The standard InChI is InChI=1S/C23H24F4N4O6S/c1-13(28)20(32)29-11-16-12-31(38(34,35)17-7-4-14(24)5-8-17)18-10-15(6-9-19(18)36-16)30-21(33)37-22(2,3)23(25,26)27/h4-10,16,28H,11-12H2,1-3H3,(H,29,32)(H,30,33)/t16-/m0/s1. The van der Waals surface area contributed by atoms with E-state index in [-0.39, 0.29) is 40.8 Å². The lowest BCUT2D eigenvalue weighted by atomic mass is 10.1. The van der Waals surface area contributed by atoms with Crippen LogP contribution in [0.1, 0.15) is 20.8 Å². The van der Waals surface area contributed by atoms with E-state index in [1.165, 1.54) is 19.1 Å². The van der Waals surface area contributed by atoms with Gasteiger partial charge in [0.2, 0.25) is 5.60 Å². The molecule has 0 unspecified atom stereocenters. The largest absolute Gasteiger partial charge is 0.484 e. The maximum Gasteiger partial charge on any atom is 0.427 e. The van der Waals surface area contributed by atoms with Gasteiger partial charge in [-0.05, 0) is 63.2 Å². The third-order valence-corrected chi connectivity index (χ3v) is 7.19. The zero-order valence-electron chi connectivity index (χ0n) is 20.3. The van der Waals surface area contributed by atoms with Gasteiger partial charge in [0.1, 0.15) is 17.7 Å². The summed E-state index contributed by atoms with van der Waals surface area (Å²) in [4.78, 5) is 23.7. The van der Waals surface area contributed by atoms with Crippen LogP contribution in [0.15, 0.2) is 47.4 Å². The third kappa shape index (κ3) is 6.33. The fourth-order valence-corrected chi connectivity index (χ4v) is 4.73. The highest BCUT2D eigenvalue weighted by molar-refractivity contribution is 7.92. The number of alkyl halides is 3. The van der Waals surface area contributed by atoms with Gasteiger partial charge in [0.05, 0.1) is 29.4 Å². The second-order valence-corrected chi connectivity index (χ2v) is 10.6. The van der Waals surface area contributed by atoms with Gasteiger partial charge in [0.25, 0.3) is 15.9 Å². The molecule has 15 heteroatoms. The van der Waals surface area contributed by atoms with Crippen LogP contribution >= 0.6 is 0 Å². The lowest BCUT2D eigenvalue weighted by molar-refractivity contribution is -0.242. The number of nitrogens with zero attached hydrogens (tertiary/aromatic N) is 1. The van der Waals surface area contributed by atoms with Crippen molar-refractivity contribution in [3.8, 4) is 5.75 Å². The van der Waals surface area contributed by atoms with Gasteiger partial charge in [-0.25, -0.2) is 17.6 Å². The molecule has 0 bridgehead atoms. The Hall–Kier alpha value is -3.88. The summed E-state index contributed by atoms with van der Waals surface area (Å²) in [5, 5.41) is 12.0. The number of fused-ring (bicyclic) bond motifs is 1. The Morgan fingerprint density at radius 3 is 2.37 bits per heavy atom. The van der Waals surface area contributed by atoms with Crippen LogP contribution in [0.3, 0.4) is 0 Å². The minimum atomic E-state index is -4.84. The fraction of sp³-hybridized carbons (Fsp3) is 0.348. The van der Waals surface area contributed by atoms with Gasteiger partial charge in [-0.3, -0.25) is 19.8 Å². The summed E-state index contributed by atoms with van der Waals surface area (Å²) in [7, 11) is -4.33. The molecule has 1 aliphatic heterocycles. The van der Waals surface area contributed by atoms with Gasteiger partial charge < -0.3 is 14.8 Å². The minimum Gasteiger partial charge on any atom is -0.484 e. The molecule has 2 amide bonds. The molecule has 0 aliphatic carbocycles. The normalized spacial score (nSPS) is 15.7. The van der Waals surface area contributed by atoms with E-state index in [9.17, 15) is 35.6 Å². The molecule has 0 radical (unpaired) electrons. The van der Waals surface area contributed by atoms with E-state index in [1.54, 1.807) is 0 Å². The summed E-state index contributed by atoms with van der Waals surface area (Å²) in [5.41, 5.74) is -3.24. The topological polar surface area (TPSA) is 138 Å². The zero-order valence-corrected chi connectivity index (χ0v) is 21.2. The van der Waals surface area contributed by atoms with Crippen molar-refractivity contribution in [2.24, 2.45) is 0 Å². The van der Waals surface area contributed by atoms with Crippen molar-refractivity contribution in [3.63, 3.8) is 0 Å². The molecule has 1 aliphatic rings. The first-order valence-electron chi connectivity index (χ1n) is 11.0. The molecule has 206 valence electrons. The van der Waals surface area contributed by atoms with Gasteiger partial charge in [0.15, 0.2) is 0 Å². The molecule has 1 atom stereocenters. The van der Waals surface area contributed by atoms with Crippen molar-refractivity contribution in [2.45, 2.75) is 43.5 Å². The molecule has 0 spiro atoms. The summed E-state index contributed by atoms with van der Waals surface area (Å²) in [5.74, 6) is -1.34. The Morgan fingerprint density at radius 1 is 1.16 bits per heavy atom. The molecule has 3 rings (SSSR count). The maximum atomic E-state index is 13.5. The first-order valence-corrected chi connectivity index (χ1v) is 12.4. The summed E-state index contributed by atoms with van der Waals surface area (Å²) in [6, 6.07) is 7.70. The minimum absolute atomic E-state index is 0.0160. The van der Waals surface area contributed by atoms with Gasteiger partial charge in [-0.2, -0.15) is 13.2 Å². The average Bonchev–Trinajstić information content (AvgIpc) is 2.81. The van der Waals surface area contributed by atoms with E-state index < -0.39 is 45.7 Å². The van der Waals surface area contributed by atoms with Crippen LogP contribution in [0, 0.1) is 11.2 Å². The third-order valence-electron chi connectivity index (χ3n) is 5.40. The molecule has 1 heterocycles. The van der Waals surface area contributed by atoms with Crippen molar-refractivity contribution in [1.82, 2.24) is 5.32 Å². The molecular weight excluding hydrogens is 536 g/mol. The number of benzene rings is 2. The Labute approximate surface area is 215 Å². The Bertz CT molecular complexity index is 1350. The van der Waals surface area contributed by atoms with Crippen molar-refractivity contribution >= 4 is 39.1 Å². The van der Waals surface area contributed by atoms with Gasteiger partial charge in [-0.15, -0.1) is 0 Å². The van der Waals surface area contributed by atoms with Crippen LogP contribution in [0.5, 0.6) is 5.75 Å². The Morgan fingerprint density at radius 2 is 1.79 bits per heavy atom. The molecule has 3 N–H and O–H groups in total. The van der Waals surface area contributed by atoms with Crippen molar-refractivity contribution < 1.29 is 45.0 Å². The van der Waals surface area contributed by atoms with E-state index in [0.29, 0.717) is 13.8 Å². The molecule has 0 saturated carbocycles. The van der Waals surface area contributed by atoms with E-state index >= 15 is 0 Å². The van der Waals surface area contributed by atoms with E-state index in [0.717, 1.165) is 34.6 Å². The number of nitrogens with one attached hydrogen (secondary N) is 3. The smallest absolute Gasteiger partial charge is 0.427 e. The van der Waals surface area contributed by atoms with Crippen LogP contribution in [0.4, 0.5) is 33.7 Å². The fourth-order valence-electron chi connectivity index (χ4n) is 3.23. The Kier molecular flexibility index (Phi) is 7.91. The van der Waals surface area contributed by atoms with Gasteiger partial charge >= 0.3 is 12.3 Å². The Balaban J connectivity index is 1.94. The van der Waals surface area contributed by atoms with Crippen LogP contribution in [-0.4, -0.2) is 57.1 Å². The monoisotopic (exact) mass is 560 g/mol. The van der Waals surface area contributed by atoms with Crippen LogP contribution in [-0.2, 0) is 19.6 Å². The predicted octanol–water partition coefficient (Wildman–Crippen LogP) is 3.83. The molecular formula is C23H24F4N4O6S. The average molecular weight is 561 g/mol. The quantitative estimate of drug-likeness (QED) is 0.348. The number of anilines is 2. The second kappa shape index (κ2) is 10.5. The van der Waals surface area contributed by atoms with E-state index in [1.807, 2.05) is 0 Å². The van der Waals surface area contributed by atoms with Crippen molar-refractivity contribution in [3.05, 3.63) is 48.3 Å². The summed E-state index contributed by atoms with van der Waals surface area (Å²) in [6.07, 6.45) is -7.17.